The van der Waals surface area contributed by atoms with Gasteiger partial charge in [-0.3, -0.25) is 19.1 Å². The number of aromatic nitrogens is 2. The molecule has 0 aliphatic carbocycles. The van der Waals surface area contributed by atoms with E-state index in [1.807, 2.05) is 6.92 Å². The first kappa shape index (κ1) is 17.5. The van der Waals surface area contributed by atoms with Crippen molar-refractivity contribution in [2.45, 2.75) is 19.5 Å². The Balaban J connectivity index is 1.63. The zero-order valence-corrected chi connectivity index (χ0v) is 14.1. The molecule has 25 heavy (non-hydrogen) atoms. The van der Waals surface area contributed by atoms with Crippen molar-refractivity contribution in [3.63, 3.8) is 0 Å². The molecule has 1 aliphatic rings. The number of halogens is 1. The Morgan fingerprint density at radius 3 is 2.92 bits per heavy atom. The molecule has 0 spiro atoms. The molecule has 2 aromatic rings. The van der Waals surface area contributed by atoms with Crippen molar-refractivity contribution in [3.8, 4) is 0 Å². The first-order chi connectivity index (χ1) is 12.0. The molecule has 1 aromatic heterocycles. The van der Waals surface area contributed by atoms with Gasteiger partial charge >= 0.3 is 0 Å². The van der Waals surface area contributed by atoms with Gasteiger partial charge in [0.1, 0.15) is 12.4 Å². The molecule has 1 amide bonds. The number of fused-ring (bicyclic) bond motifs is 1. The summed E-state index contributed by atoms with van der Waals surface area (Å²) in [5.74, 6) is -0.784. The van der Waals surface area contributed by atoms with Crippen LogP contribution in [0.15, 0.2) is 29.3 Å². The van der Waals surface area contributed by atoms with Gasteiger partial charge in [0, 0.05) is 25.7 Å². The molecule has 0 radical (unpaired) electrons. The van der Waals surface area contributed by atoms with E-state index in [0.717, 1.165) is 25.7 Å². The van der Waals surface area contributed by atoms with Crippen molar-refractivity contribution in [3.05, 3.63) is 40.7 Å². The highest BCUT2D eigenvalue weighted by molar-refractivity contribution is 5.79. The highest BCUT2D eigenvalue weighted by Crippen LogP contribution is 2.08. The van der Waals surface area contributed by atoms with E-state index >= 15 is 0 Å². The van der Waals surface area contributed by atoms with Gasteiger partial charge in [-0.25, -0.2) is 9.37 Å². The average molecular weight is 348 g/mol. The lowest BCUT2D eigenvalue weighted by Crippen LogP contribution is -2.47. The van der Waals surface area contributed by atoms with Gasteiger partial charge in [-0.1, -0.05) is 0 Å². The second kappa shape index (κ2) is 7.71. The SMILES string of the molecule is CC(CN1CCOCC1)NC(=O)Cn1cnc2ccc(F)cc2c1=O. The molecule has 1 unspecified atom stereocenters. The van der Waals surface area contributed by atoms with Crippen LogP contribution >= 0.6 is 0 Å². The Bertz CT molecular complexity index is 817. The number of carbonyl (C=O) groups is 1. The number of benzene rings is 1. The lowest BCUT2D eigenvalue weighted by atomic mass is 10.2. The molecule has 1 aliphatic heterocycles. The minimum Gasteiger partial charge on any atom is -0.379 e. The molecular formula is C17H21FN4O3. The Morgan fingerprint density at radius 1 is 1.40 bits per heavy atom. The minimum absolute atomic E-state index is 0.0489. The molecule has 3 rings (SSSR count). The number of carbonyl (C=O) groups excluding carboxylic acids is 1. The Morgan fingerprint density at radius 2 is 2.16 bits per heavy atom. The summed E-state index contributed by atoms with van der Waals surface area (Å²) in [5, 5.41) is 3.04. The highest BCUT2D eigenvalue weighted by Gasteiger charge is 2.16. The smallest absolute Gasteiger partial charge is 0.261 e. The van der Waals surface area contributed by atoms with Crippen LogP contribution in [-0.2, 0) is 16.1 Å². The number of rotatable bonds is 5. The lowest BCUT2D eigenvalue weighted by Gasteiger charge is -2.29. The van der Waals surface area contributed by atoms with E-state index in [1.165, 1.54) is 23.0 Å². The molecule has 8 heteroatoms. The van der Waals surface area contributed by atoms with E-state index in [1.54, 1.807) is 0 Å². The second-order valence-corrected chi connectivity index (χ2v) is 6.22. The van der Waals surface area contributed by atoms with Crippen molar-refractivity contribution >= 4 is 16.8 Å². The van der Waals surface area contributed by atoms with Crippen LogP contribution < -0.4 is 10.9 Å². The predicted molar refractivity (Wildman–Crippen MR) is 90.8 cm³/mol. The molecule has 7 nitrogen and oxygen atoms in total. The van der Waals surface area contributed by atoms with Gasteiger partial charge in [0.25, 0.3) is 5.56 Å². The van der Waals surface area contributed by atoms with Crippen LogP contribution in [0.25, 0.3) is 10.9 Å². The van der Waals surface area contributed by atoms with E-state index in [2.05, 4.69) is 15.2 Å². The van der Waals surface area contributed by atoms with Crippen LogP contribution in [0.3, 0.4) is 0 Å². The van der Waals surface area contributed by atoms with Crippen molar-refractivity contribution in [2.24, 2.45) is 0 Å². The Labute approximate surface area is 144 Å². The summed E-state index contributed by atoms with van der Waals surface area (Å²) in [6.45, 7) is 5.60. The van der Waals surface area contributed by atoms with E-state index in [4.69, 9.17) is 4.74 Å². The minimum atomic E-state index is -0.507. The summed E-state index contributed by atoms with van der Waals surface area (Å²) in [6.07, 6.45) is 1.31. The largest absolute Gasteiger partial charge is 0.379 e. The number of nitrogens with zero attached hydrogens (tertiary/aromatic N) is 3. The zero-order valence-electron chi connectivity index (χ0n) is 14.1. The van der Waals surface area contributed by atoms with Gasteiger partial charge in [0.15, 0.2) is 0 Å². The first-order valence-corrected chi connectivity index (χ1v) is 8.27. The van der Waals surface area contributed by atoms with Crippen LogP contribution in [-0.4, -0.2) is 59.2 Å². The summed E-state index contributed by atoms with van der Waals surface area (Å²) >= 11 is 0. The number of morpholine rings is 1. The molecule has 1 atom stereocenters. The van der Waals surface area contributed by atoms with E-state index in [0.29, 0.717) is 18.7 Å². The maximum atomic E-state index is 13.3. The standard InChI is InChI=1S/C17H21FN4O3/c1-12(9-21-4-6-25-7-5-21)20-16(23)10-22-11-19-15-3-2-13(18)8-14(15)17(22)24/h2-3,8,11-12H,4-7,9-10H2,1H3,(H,20,23). The Hall–Kier alpha value is -2.32. The van der Waals surface area contributed by atoms with E-state index in [9.17, 15) is 14.0 Å². The molecule has 134 valence electrons. The van der Waals surface area contributed by atoms with Crippen LogP contribution in [0.4, 0.5) is 4.39 Å². The number of hydrogen-bond acceptors (Lipinski definition) is 5. The second-order valence-electron chi connectivity index (χ2n) is 6.22. The fourth-order valence-electron chi connectivity index (χ4n) is 2.94. The van der Waals surface area contributed by atoms with E-state index in [-0.39, 0.29) is 23.9 Å². The van der Waals surface area contributed by atoms with Crippen LogP contribution in [0.5, 0.6) is 0 Å². The van der Waals surface area contributed by atoms with Crippen molar-refractivity contribution < 1.29 is 13.9 Å². The monoisotopic (exact) mass is 348 g/mol. The molecule has 1 aromatic carbocycles. The van der Waals surface area contributed by atoms with E-state index < -0.39 is 11.4 Å². The fourth-order valence-corrected chi connectivity index (χ4v) is 2.94. The van der Waals surface area contributed by atoms with Gasteiger partial charge < -0.3 is 10.1 Å². The summed E-state index contributed by atoms with van der Waals surface area (Å²) in [7, 11) is 0. The third-order valence-electron chi connectivity index (χ3n) is 4.14. The zero-order chi connectivity index (χ0) is 17.8. The number of hydrogen-bond donors (Lipinski definition) is 1. The quantitative estimate of drug-likeness (QED) is 0.845. The molecule has 0 bridgehead atoms. The van der Waals surface area contributed by atoms with Crippen molar-refractivity contribution in [1.29, 1.82) is 0 Å². The summed E-state index contributed by atoms with van der Waals surface area (Å²) < 4.78 is 19.8. The van der Waals surface area contributed by atoms with Crippen molar-refractivity contribution in [2.75, 3.05) is 32.8 Å². The number of nitrogens with one attached hydrogen (secondary N) is 1. The van der Waals surface area contributed by atoms with Gasteiger partial charge in [-0.2, -0.15) is 0 Å². The lowest BCUT2D eigenvalue weighted by molar-refractivity contribution is -0.122. The first-order valence-electron chi connectivity index (χ1n) is 8.27. The Kier molecular flexibility index (Phi) is 5.40. The van der Waals surface area contributed by atoms with Gasteiger partial charge in [-0.05, 0) is 25.1 Å². The maximum Gasteiger partial charge on any atom is 0.261 e. The topological polar surface area (TPSA) is 76.5 Å². The predicted octanol–water partition coefficient (Wildman–Crippen LogP) is 0.373. The summed E-state index contributed by atoms with van der Waals surface area (Å²) in [6, 6.07) is 3.78. The normalized spacial score (nSPS) is 16.7. The maximum absolute atomic E-state index is 13.3. The van der Waals surface area contributed by atoms with Gasteiger partial charge in [0.2, 0.25) is 5.91 Å². The third kappa shape index (κ3) is 4.40. The molecule has 1 N–H and O–H groups in total. The number of ether oxygens (including phenoxy) is 1. The van der Waals surface area contributed by atoms with Crippen molar-refractivity contribution in [1.82, 2.24) is 19.8 Å². The highest BCUT2D eigenvalue weighted by atomic mass is 19.1. The van der Waals surface area contributed by atoms with Crippen LogP contribution in [0, 0.1) is 5.82 Å². The van der Waals surface area contributed by atoms with Crippen LogP contribution in [0.1, 0.15) is 6.92 Å². The molecule has 1 fully saturated rings. The average Bonchev–Trinajstić information content (AvgIpc) is 2.58. The third-order valence-corrected chi connectivity index (χ3v) is 4.14. The summed E-state index contributed by atoms with van der Waals surface area (Å²) in [4.78, 5) is 30.9. The number of amides is 1. The molecule has 0 saturated carbocycles. The molecule has 1 saturated heterocycles. The van der Waals surface area contributed by atoms with Gasteiger partial charge in [-0.15, -0.1) is 0 Å². The van der Waals surface area contributed by atoms with Gasteiger partial charge in [0.05, 0.1) is 30.4 Å². The molecular weight excluding hydrogens is 327 g/mol. The summed E-state index contributed by atoms with van der Waals surface area (Å²) in [5.41, 5.74) is -0.0239. The molecule has 2 heterocycles. The van der Waals surface area contributed by atoms with Crippen LogP contribution in [0.2, 0.25) is 0 Å². The fraction of sp³-hybridized carbons (Fsp3) is 0.471.